The number of hydrogen-bond donors (Lipinski definition) is 5. The number of unbranched alkanes of at least 4 members (excludes halogenated alkanes) is 1. The summed E-state index contributed by atoms with van der Waals surface area (Å²) in [6.07, 6.45) is 4.82. The van der Waals surface area contributed by atoms with E-state index in [0.29, 0.717) is 30.8 Å². The molecule has 2 aromatic rings. The maximum atomic E-state index is 13.2. The molecule has 0 unspecified atom stereocenters. The van der Waals surface area contributed by atoms with Gasteiger partial charge in [-0.15, -0.1) is 0 Å². The summed E-state index contributed by atoms with van der Waals surface area (Å²) in [6.45, 7) is 8.36. The lowest BCUT2D eigenvalue weighted by molar-refractivity contribution is -0.123. The number of ether oxygens (including phenoxy) is 1. The van der Waals surface area contributed by atoms with Gasteiger partial charge in [-0.2, -0.15) is 0 Å². The number of amides is 3. The Kier molecular flexibility index (Phi) is 12.6. The normalized spacial score (nSPS) is 14.7. The Morgan fingerprint density at radius 3 is 2.27 bits per heavy atom. The average molecular weight is 567 g/mol. The van der Waals surface area contributed by atoms with Crippen LogP contribution in [0.15, 0.2) is 42.6 Å². The molecule has 12 heteroatoms. The van der Waals surface area contributed by atoms with Crippen molar-refractivity contribution in [3.63, 3.8) is 0 Å². The standard InChI is InChI=1S/C29H42BN5O6/c1-4-5-6-21-7-9-22(10-8-21)28(37)33-24(29(38)34-25(30(39)40)17-20(2)3)19-32-27(36)23-11-12-26(31-18-23)35-13-15-41-16-14-35/h7-12,18,20,24-25,39-40H,4-6,13-17,19H2,1-3H3,(H,32,36)(H,33,37)(H,34,38)/t24-,25-/m0/s1. The van der Waals surface area contributed by atoms with Gasteiger partial charge in [0, 0.05) is 31.4 Å². The van der Waals surface area contributed by atoms with Crippen LogP contribution in [0, 0.1) is 5.92 Å². The van der Waals surface area contributed by atoms with Crippen molar-refractivity contribution in [2.45, 2.75) is 58.4 Å². The molecule has 0 radical (unpaired) electrons. The number of nitrogens with one attached hydrogen (secondary N) is 3. The highest BCUT2D eigenvalue weighted by Crippen LogP contribution is 2.13. The Balaban J connectivity index is 1.69. The van der Waals surface area contributed by atoms with Crippen LogP contribution in [0.1, 0.15) is 66.3 Å². The fourth-order valence-corrected chi connectivity index (χ4v) is 4.50. The maximum Gasteiger partial charge on any atom is 0.475 e. The lowest BCUT2D eigenvalue weighted by atomic mass is 9.75. The minimum Gasteiger partial charge on any atom is -0.426 e. The molecule has 0 aliphatic carbocycles. The van der Waals surface area contributed by atoms with Crippen LogP contribution in [0.25, 0.3) is 0 Å². The van der Waals surface area contributed by atoms with E-state index in [-0.39, 0.29) is 12.5 Å². The first-order valence-electron chi connectivity index (χ1n) is 14.3. The van der Waals surface area contributed by atoms with Crippen LogP contribution >= 0.6 is 0 Å². The van der Waals surface area contributed by atoms with Gasteiger partial charge in [-0.05, 0) is 55.0 Å². The van der Waals surface area contributed by atoms with Crippen molar-refractivity contribution in [2.75, 3.05) is 37.7 Å². The second-order valence-corrected chi connectivity index (χ2v) is 10.7. The van der Waals surface area contributed by atoms with E-state index in [0.717, 1.165) is 43.7 Å². The quantitative estimate of drug-likeness (QED) is 0.215. The predicted octanol–water partition coefficient (Wildman–Crippen LogP) is 1.33. The third-order valence-corrected chi connectivity index (χ3v) is 6.88. The molecule has 1 aliphatic heterocycles. The second kappa shape index (κ2) is 16.1. The number of aryl methyl sites for hydroxylation is 1. The van der Waals surface area contributed by atoms with Crippen LogP contribution in [0.2, 0.25) is 0 Å². The Bertz CT molecular complexity index is 1120. The molecule has 41 heavy (non-hydrogen) atoms. The number of nitrogens with zero attached hydrogens (tertiary/aromatic N) is 2. The molecule has 0 saturated carbocycles. The van der Waals surface area contributed by atoms with Crippen LogP contribution in [0.5, 0.6) is 0 Å². The van der Waals surface area contributed by atoms with Crippen molar-refractivity contribution in [3.05, 3.63) is 59.3 Å². The van der Waals surface area contributed by atoms with Crippen LogP contribution in [-0.2, 0) is 16.0 Å². The van der Waals surface area contributed by atoms with Crippen molar-refractivity contribution in [2.24, 2.45) is 5.92 Å². The fourth-order valence-electron chi connectivity index (χ4n) is 4.50. The number of anilines is 1. The monoisotopic (exact) mass is 567 g/mol. The minimum atomic E-state index is -1.78. The van der Waals surface area contributed by atoms with Gasteiger partial charge in [0.2, 0.25) is 5.91 Å². The molecular formula is C29H42BN5O6. The van der Waals surface area contributed by atoms with Crippen molar-refractivity contribution >= 4 is 30.7 Å². The number of aromatic nitrogens is 1. The molecule has 3 rings (SSSR count). The maximum absolute atomic E-state index is 13.2. The number of carbonyl (C=O) groups is 3. The Morgan fingerprint density at radius 1 is 1.00 bits per heavy atom. The van der Waals surface area contributed by atoms with Gasteiger partial charge in [0.25, 0.3) is 11.8 Å². The third-order valence-electron chi connectivity index (χ3n) is 6.88. The minimum absolute atomic E-state index is 0.0778. The van der Waals surface area contributed by atoms with E-state index in [9.17, 15) is 24.4 Å². The number of carbonyl (C=O) groups excluding carboxylic acids is 3. The molecule has 0 spiro atoms. The Hall–Kier alpha value is -3.48. The molecule has 1 fully saturated rings. The van der Waals surface area contributed by atoms with Gasteiger partial charge in [0.05, 0.1) is 24.7 Å². The predicted molar refractivity (Wildman–Crippen MR) is 157 cm³/mol. The molecular weight excluding hydrogens is 525 g/mol. The van der Waals surface area contributed by atoms with Gasteiger partial charge >= 0.3 is 7.12 Å². The zero-order valence-corrected chi connectivity index (χ0v) is 24.1. The van der Waals surface area contributed by atoms with Crippen LogP contribution in [0.4, 0.5) is 5.82 Å². The first kappa shape index (κ1) is 32.0. The van der Waals surface area contributed by atoms with E-state index >= 15 is 0 Å². The largest absolute Gasteiger partial charge is 0.475 e. The molecule has 1 aromatic carbocycles. The summed E-state index contributed by atoms with van der Waals surface area (Å²) < 4.78 is 5.36. The molecule has 1 saturated heterocycles. The lowest BCUT2D eigenvalue weighted by Gasteiger charge is -2.27. The van der Waals surface area contributed by atoms with E-state index in [1.807, 2.05) is 26.0 Å². The first-order chi connectivity index (χ1) is 19.7. The van der Waals surface area contributed by atoms with Gasteiger partial charge in [0.1, 0.15) is 11.9 Å². The summed E-state index contributed by atoms with van der Waals surface area (Å²) in [7, 11) is -1.78. The number of benzene rings is 1. The molecule has 2 atom stereocenters. The average Bonchev–Trinajstić information content (AvgIpc) is 2.98. The van der Waals surface area contributed by atoms with E-state index in [1.165, 1.54) is 6.20 Å². The van der Waals surface area contributed by atoms with Crippen molar-refractivity contribution in [3.8, 4) is 0 Å². The summed E-state index contributed by atoms with van der Waals surface area (Å²) in [5.41, 5.74) is 1.79. The van der Waals surface area contributed by atoms with Gasteiger partial charge in [-0.25, -0.2) is 4.98 Å². The topological polar surface area (TPSA) is 153 Å². The molecule has 5 N–H and O–H groups in total. The lowest BCUT2D eigenvalue weighted by Crippen LogP contribution is -2.57. The highest BCUT2D eigenvalue weighted by molar-refractivity contribution is 6.43. The summed E-state index contributed by atoms with van der Waals surface area (Å²) in [4.78, 5) is 45.6. The number of rotatable bonds is 14. The number of hydrogen-bond acceptors (Lipinski definition) is 8. The Morgan fingerprint density at radius 2 is 1.68 bits per heavy atom. The van der Waals surface area contributed by atoms with E-state index in [4.69, 9.17) is 4.74 Å². The van der Waals surface area contributed by atoms with Gasteiger partial charge < -0.3 is 35.6 Å². The van der Waals surface area contributed by atoms with E-state index in [2.05, 4.69) is 32.8 Å². The molecule has 2 heterocycles. The SMILES string of the molecule is CCCCc1ccc(C(=O)N[C@@H](CNC(=O)c2ccc(N3CCOCC3)nc2)C(=O)N[C@@H](CC(C)C)B(O)O)cc1. The highest BCUT2D eigenvalue weighted by Gasteiger charge is 2.30. The molecule has 0 bridgehead atoms. The van der Waals surface area contributed by atoms with Gasteiger partial charge in [-0.1, -0.05) is 39.3 Å². The summed E-state index contributed by atoms with van der Waals surface area (Å²) in [5, 5.41) is 27.6. The highest BCUT2D eigenvalue weighted by atomic mass is 16.5. The first-order valence-corrected chi connectivity index (χ1v) is 14.3. The molecule has 3 amide bonds. The molecule has 222 valence electrons. The zero-order chi connectivity index (χ0) is 29.8. The number of morpholine rings is 1. The molecule has 1 aromatic heterocycles. The molecule has 11 nitrogen and oxygen atoms in total. The van der Waals surface area contributed by atoms with Crippen LogP contribution in [-0.4, -0.2) is 84.7 Å². The van der Waals surface area contributed by atoms with Gasteiger partial charge in [-0.3, -0.25) is 14.4 Å². The van der Waals surface area contributed by atoms with Crippen LogP contribution in [0.3, 0.4) is 0 Å². The molecule has 1 aliphatic rings. The van der Waals surface area contributed by atoms with Crippen LogP contribution < -0.4 is 20.9 Å². The summed E-state index contributed by atoms with van der Waals surface area (Å²) in [6, 6.07) is 9.42. The smallest absolute Gasteiger partial charge is 0.426 e. The third kappa shape index (κ3) is 10.1. The van der Waals surface area contributed by atoms with Crippen molar-refractivity contribution in [1.82, 2.24) is 20.9 Å². The van der Waals surface area contributed by atoms with Crippen molar-refractivity contribution < 1.29 is 29.2 Å². The zero-order valence-electron chi connectivity index (χ0n) is 24.1. The van der Waals surface area contributed by atoms with E-state index in [1.54, 1.807) is 24.3 Å². The Labute approximate surface area is 242 Å². The second-order valence-electron chi connectivity index (χ2n) is 10.7. The fraction of sp³-hybridized carbons (Fsp3) is 0.517. The number of pyridine rings is 1. The van der Waals surface area contributed by atoms with E-state index < -0.39 is 36.8 Å². The van der Waals surface area contributed by atoms with Gasteiger partial charge in [0.15, 0.2) is 0 Å². The van der Waals surface area contributed by atoms with Crippen molar-refractivity contribution in [1.29, 1.82) is 0 Å². The summed E-state index contributed by atoms with van der Waals surface area (Å²) >= 11 is 0. The summed E-state index contributed by atoms with van der Waals surface area (Å²) in [5.74, 6) is -1.70.